The lowest BCUT2D eigenvalue weighted by atomic mass is 10.2. The van der Waals surface area contributed by atoms with Crippen molar-refractivity contribution in [2.75, 3.05) is 14.1 Å². The summed E-state index contributed by atoms with van der Waals surface area (Å²) >= 11 is 0. The van der Waals surface area contributed by atoms with Crippen LogP contribution < -0.4 is 0 Å². The third-order valence-electron chi connectivity index (χ3n) is 1.66. The molecule has 3 heteroatoms. The summed E-state index contributed by atoms with van der Waals surface area (Å²) in [6.07, 6.45) is 3.23. The highest BCUT2D eigenvalue weighted by molar-refractivity contribution is 6.02. The molecule has 0 aliphatic rings. The number of rotatable bonds is 3. The van der Waals surface area contributed by atoms with Crippen molar-refractivity contribution in [3.05, 3.63) is 41.9 Å². The van der Waals surface area contributed by atoms with Gasteiger partial charge in [-0.15, -0.1) is 0 Å². The zero-order valence-corrected chi connectivity index (χ0v) is 8.69. The molecule has 0 radical (unpaired) electrons. The number of aryl methyl sites for hydroxylation is 1. The number of ketones is 1. The van der Waals surface area contributed by atoms with Gasteiger partial charge in [-0.05, 0) is 19.1 Å². The third-order valence-corrected chi connectivity index (χ3v) is 1.66. The summed E-state index contributed by atoms with van der Waals surface area (Å²) in [5.74, 6) is -0.0672. The average molecular weight is 190 g/mol. The zero-order chi connectivity index (χ0) is 10.6. The van der Waals surface area contributed by atoms with Crippen LogP contribution in [0.3, 0.4) is 0 Å². The number of allylic oxidation sites excluding steroid dienone is 1. The first-order valence-corrected chi connectivity index (χ1v) is 4.42. The molecule has 3 nitrogen and oxygen atoms in total. The summed E-state index contributed by atoms with van der Waals surface area (Å²) < 4.78 is 0. The van der Waals surface area contributed by atoms with Gasteiger partial charge in [-0.25, -0.2) is 4.98 Å². The lowest BCUT2D eigenvalue weighted by molar-refractivity contribution is 0.104. The molecule has 0 unspecified atom stereocenters. The van der Waals surface area contributed by atoms with Crippen molar-refractivity contribution < 1.29 is 4.79 Å². The molecular weight excluding hydrogens is 176 g/mol. The van der Waals surface area contributed by atoms with E-state index in [1.54, 1.807) is 12.3 Å². The van der Waals surface area contributed by atoms with Gasteiger partial charge in [-0.3, -0.25) is 4.79 Å². The lowest BCUT2D eigenvalue weighted by Crippen LogP contribution is -2.04. The second-order valence-corrected chi connectivity index (χ2v) is 3.31. The summed E-state index contributed by atoms with van der Waals surface area (Å²) in [5.41, 5.74) is 1.34. The molecule has 1 aromatic heterocycles. The predicted octanol–water partition coefficient (Wildman–Crippen LogP) is 1.65. The monoisotopic (exact) mass is 190 g/mol. The van der Waals surface area contributed by atoms with Crippen LogP contribution in [-0.4, -0.2) is 29.8 Å². The smallest absolute Gasteiger partial charge is 0.205 e. The molecule has 1 heterocycles. The van der Waals surface area contributed by atoms with Gasteiger partial charge in [0.1, 0.15) is 5.69 Å². The Bertz CT molecular complexity index is 356. The van der Waals surface area contributed by atoms with E-state index in [1.165, 1.54) is 6.08 Å². The van der Waals surface area contributed by atoms with Gasteiger partial charge >= 0.3 is 0 Å². The Balaban J connectivity index is 2.80. The number of hydrogen-bond donors (Lipinski definition) is 0. The van der Waals surface area contributed by atoms with Crippen LogP contribution in [0.15, 0.2) is 30.5 Å². The molecule has 0 spiro atoms. The molecule has 0 aromatic carbocycles. The van der Waals surface area contributed by atoms with Gasteiger partial charge in [0.15, 0.2) is 0 Å². The number of pyridine rings is 1. The average Bonchev–Trinajstić information content (AvgIpc) is 2.14. The van der Waals surface area contributed by atoms with Crippen molar-refractivity contribution in [1.29, 1.82) is 0 Å². The molecule has 0 saturated carbocycles. The van der Waals surface area contributed by atoms with Gasteiger partial charge in [-0.2, -0.15) is 0 Å². The summed E-state index contributed by atoms with van der Waals surface area (Å²) in [5, 5.41) is 0. The van der Waals surface area contributed by atoms with Crippen LogP contribution in [0.2, 0.25) is 0 Å². The number of aromatic nitrogens is 1. The van der Waals surface area contributed by atoms with Crippen molar-refractivity contribution in [3.8, 4) is 0 Å². The second kappa shape index (κ2) is 4.56. The molecule has 0 saturated heterocycles. The first-order valence-electron chi connectivity index (χ1n) is 4.42. The third kappa shape index (κ3) is 3.01. The van der Waals surface area contributed by atoms with Crippen LogP contribution >= 0.6 is 0 Å². The first kappa shape index (κ1) is 10.4. The Labute approximate surface area is 84.1 Å². The Hall–Kier alpha value is -1.64. The SMILES string of the molecule is Cc1cccc(C(=O)C=CN(C)C)n1. The standard InChI is InChI=1S/C11H14N2O/c1-9-5-4-6-10(12-9)11(14)7-8-13(2)3/h4-8H,1-3H3. The quantitative estimate of drug-likeness (QED) is 0.536. The van der Waals surface area contributed by atoms with Crippen LogP contribution in [0.4, 0.5) is 0 Å². The molecule has 14 heavy (non-hydrogen) atoms. The van der Waals surface area contributed by atoms with Gasteiger partial charge in [-0.1, -0.05) is 6.07 Å². The van der Waals surface area contributed by atoms with Crippen molar-refractivity contribution in [2.45, 2.75) is 6.92 Å². The van der Waals surface area contributed by atoms with Gasteiger partial charge < -0.3 is 4.90 Å². The minimum atomic E-state index is -0.0672. The summed E-state index contributed by atoms with van der Waals surface area (Å²) in [4.78, 5) is 17.5. The molecule has 1 rings (SSSR count). The number of nitrogens with zero attached hydrogens (tertiary/aromatic N) is 2. The molecule has 0 fully saturated rings. The first-order chi connectivity index (χ1) is 6.59. The van der Waals surface area contributed by atoms with E-state index in [0.717, 1.165) is 5.69 Å². The van der Waals surface area contributed by atoms with E-state index in [4.69, 9.17) is 0 Å². The van der Waals surface area contributed by atoms with Gasteiger partial charge in [0.05, 0.1) is 0 Å². The highest BCUT2D eigenvalue weighted by Gasteiger charge is 2.02. The van der Waals surface area contributed by atoms with Crippen molar-refractivity contribution in [1.82, 2.24) is 9.88 Å². The topological polar surface area (TPSA) is 33.2 Å². The maximum absolute atomic E-state index is 11.5. The fraction of sp³-hybridized carbons (Fsp3) is 0.273. The van der Waals surface area contributed by atoms with Gasteiger partial charge in [0, 0.05) is 32.1 Å². The predicted molar refractivity (Wildman–Crippen MR) is 56.1 cm³/mol. The van der Waals surface area contributed by atoms with Crippen LogP contribution in [0.1, 0.15) is 16.2 Å². The van der Waals surface area contributed by atoms with E-state index in [-0.39, 0.29) is 5.78 Å². The highest BCUT2D eigenvalue weighted by atomic mass is 16.1. The Kier molecular flexibility index (Phi) is 3.40. The van der Waals surface area contributed by atoms with Crippen LogP contribution in [-0.2, 0) is 0 Å². The number of carbonyl (C=O) groups is 1. The van der Waals surface area contributed by atoms with Crippen molar-refractivity contribution in [2.24, 2.45) is 0 Å². The normalized spacial score (nSPS) is 10.5. The Morgan fingerprint density at radius 3 is 2.71 bits per heavy atom. The highest BCUT2D eigenvalue weighted by Crippen LogP contribution is 2.00. The van der Waals surface area contributed by atoms with Gasteiger partial charge in [0.25, 0.3) is 0 Å². The number of hydrogen-bond acceptors (Lipinski definition) is 3. The van der Waals surface area contributed by atoms with E-state index in [0.29, 0.717) is 5.69 Å². The van der Waals surface area contributed by atoms with Crippen molar-refractivity contribution in [3.63, 3.8) is 0 Å². The molecule has 1 aromatic rings. The molecule has 0 bridgehead atoms. The van der Waals surface area contributed by atoms with E-state index in [2.05, 4.69) is 4.98 Å². The van der Waals surface area contributed by atoms with Crippen LogP contribution in [0.25, 0.3) is 0 Å². The molecular formula is C11H14N2O. The van der Waals surface area contributed by atoms with E-state index in [1.807, 2.05) is 38.1 Å². The van der Waals surface area contributed by atoms with Crippen LogP contribution in [0, 0.1) is 6.92 Å². The molecule has 0 aliphatic heterocycles. The lowest BCUT2D eigenvalue weighted by Gasteiger charge is -2.02. The molecule has 0 N–H and O–H groups in total. The Morgan fingerprint density at radius 2 is 2.14 bits per heavy atom. The summed E-state index contributed by atoms with van der Waals surface area (Å²) in [7, 11) is 3.74. The molecule has 74 valence electrons. The minimum Gasteiger partial charge on any atom is -0.383 e. The maximum atomic E-state index is 11.5. The van der Waals surface area contributed by atoms with E-state index < -0.39 is 0 Å². The van der Waals surface area contributed by atoms with Crippen molar-refractivity contribution >= 4 is 5.78 Å². The zero-order valence-electron chi connectivity index (χ0n) is 8.69. The number of carbonyl (C=O) groups excluding carboxylic acids is 1. The summed E-state index contributed by atoms with van der Waals surface area (Å²) in [6.45, 7) is 1.87. The second-order valence-electron chi connectivity index (χ2n) is 3.31. The summed E-state index contributed by atoms with van der Waals surface area (Å²) in [6, 6.07) is 5.42. The van der Waals surface area contributed by atoms with Crippen LogP contribution in [0.5, 0.6) is 0 Å². The van der Waals surface area contributed by atoms with Gasteiger partial charge in [0.2, 0.25) is 5.78 Å². The molecule has 0 atom stereocenters. The Morgan fingerprint density at radius 1 is 1.43 bits per heavy atom. The fourth-order valence-electron chi connectivity index (χ4n) is 0.982. The van der Waals surface area contributed by atoms with E-state index in [9.17, 15) is 4.79 Å². The maximum Gasteiger partial charge on any atom is 0.205 e. The largest absolute Gasteiger partial charge is 0.383 e. The van der Waals surface area contributed by atoms with E-state index >= 15 is 0 Å². The molecule has 0 amide bonds. The minimum absolute atomic E-state index is 0.0672. The molecule has 0 aliphatic carbocycles. The fourth-order valence-corrected chi connectivity index (χ4v) is 0.982.